The average molecular weight is 430 g/mol. The highest BCUT2D eigenvalue weighted by Crippen LogP contribution is 2.30. The topological polar surface area (TPSA) is 117 Å². The van der Waals surface area contributed by atoms with Gasteiger partial charge in [-0.1, -0.05) is 0 Å². The van der Waals surface area contributed by atoms with Crippen molar-refractivity contribution in [2.45, 2.75) is 6.92 Å². The number of nitro benzene ring substituents is 1. The maximum atomic E-state index is 12.3. The third-order valence-electron chi connectivity index (χ3n) is 4.57. The number of piperazine rings is 1. The summed E-state index contributed by atoms with van der Waals surface area (Å²) in [4.78, 5) is 38.4. The fraction of sp³-hybridized carbons (Fsp3) is 0.556. The van der Waals surface area contributed by atoms with Gasteiger partial charge in [0.05, 0.1) is 11.5 Å². The molecule has 162 valence electrons. The highest BCUT2D eigenvalue weighted by atomic mass is 35.5. The Morgan fingerprint density at radius 2 is 1.86 bits per heavy atom. The second-order valence-corrected chi connectivity index (χ2v) is 6.45. The molecule has 1 aromatic rings. The number of nitro groups is 1. The minimum atomic E-state index is -0.476. The quantitative estimate of drug-likeness (QED) is 0.336. The van der Waals surface area contributed by atoms with E-state index in [0.717, 1.165) is 0 Å². The molecule has 29 heavy (non-hydrogen) atoms. The number of benzene rings is 1. The zero-order chi connectivity index (χ0) is 20.5. The first-order valence-electron chi connectivity index (χ1n) is 9.20. The highest BCUT2D eigenvalue weighted by molar-refractivity contribution is 5.95. The number of ether oxygens (including phenoxy) is 1. The molecule has 2 rings (SSSR count). The number of nitrogens with one attached hydrogen (secondary N) is 2. The molecule has 0 radical (unpaired) electrons. The van der Waals surface area contributed by atoms with Gasteiger partial charge in [0.1, 0.15) is 5.69 Å². The molecule has 0 aromatic heterocycles. The molecule has 1 aromatic carbocycles. The van der Waals surface area contributed by atoms with E-state index in [1.807, 2.05) is 4.90 Å². The lowest BCUT2D eigenvalue weighted by Crippen LogP contribution is -2.48. The average Bonchev–Trinajstić information content (AvgIpc) is 2.70. The van der Waals surface area contributed by atoms with E-state index in [2.05, 4.69) is 10.6 Å². The summed E-state index contributed by atoms with van der Waals surface area (Å²) in [5, 5.41) is 17.4. The Labute approximate surface area is 176 Å². The molecule has 0 atom stereocenters. The van der Waals surface area contributed by atoms with Crippen LogP contribution in [0.3, 0.4) is 0 Å². The SMILES string of the molecule is COCCNCCNC(=O)c1ccc(N2CCN(C(C)=O)CC2)c([N+](=O)[O-])c1.Cl. The normalized spacial score (nSPS) is 13.6. The van der Waals surface area contributed by atoms with Crippen molar-refractivity contribution in [1.82, 2.24) is 15.5 Å². The van der Waals surface area contributed by atoms with Crippen LogP contribution >= 0.6 is 12.4 Å². The maximum Gasteiger partial charge on any atom is 0.293 e. The predicted octanol–water partition coefficient (Wildman–Crippen LogP) is 0.651. The van der Waals surface area contributed by atoms with Crippen LogP contribution in [0.2, 0.25) is 0 Å². The number of carbonyl (C=O) groups is 2. The van der Waals surface area contributed by atoms with Gasteiger partial charge in [-0.15, -0.1) is 12.4 Å². The van der Waals surface area contributed by atoms with Gasteiger partial charge >= 0.3 is 0 Å². The molecule has 1 saturated heterocycles. The molecule has 1 fully saturated rings. The fourth-order valence-electron chi connectivity index (χ4n) is 3.01. The van der Waals surface area contributed by atoms with E-state index < -0.39 is 4.92 Å². The molecule has 1 aliphatic heterocycles. The number of halogens is 1. The predicted molar refractivity (Wildman–Crippen MR) is 112 cm³/mol. The minimum Gasteiger partial charge on any atom is -0.383 e. The van der Waals surface area contributed by atoms with E-state index in [-0.39, 0.29) is 35.5 Å². The molecular formula is C18H28ClN5O5. The Hall–Kier alpha value is -2.43. The first kappa shape index (κ1) is 24.6. The van der Waals surface area contributed by atoms with Gasteiger partial charge in [0.25, 0.3) is 11.6 Å². The summed E-state index contributed by atoms with van der Waals surface area (Å²) >= 11 is 0. The van der Waals surface area contributed by atoms with Gasteiger partial charge in [0, 0.05) is 71.5 Å². The smallest absolute Gasteiger partial charge is 0.293 e. The van der Waals surface area contributed by atoms with Gasteiger partial charge < -0.3 is 25.2 Å². The van der Waals surface area contributed by atoms with Crippen LogP contribution in [0.25, 0.3) is 0 Å². The number of rotatable bonds is 9. The maximum absolute atomic E-state index is 12.3. The molecule has 0 spiro atoms. The van der Waals surface area contributed by atoms with Crippen molar-refractivity contribution < 1.29 is 19.2 Å². The van der Waals surface area contributed by atoms with Gasteiger partial charge in [0.15, 0.2) is 0 Å². The molecule has 2 amide bonds. The largest absolute Gasteiger partial charge is 0.383 e. The Kier molecular flexibility index (Phi) is 10.4. The fourth-order valence-corrected chi connectivity index (χ4v) is 3.01. The molecular weight excluding hydrogens is 402 g/mol. The van der Waals surface area contributed by atoms with Crippen molar-refractivity contribution >= 4 is 35.6 Å². The molecule has 0 unspecified atom stereocenters. The highest BCUT2D eigenvalue weighted by Gasteiger charge is 2.25. The molecule has 0 aliphatic carbocycles. The summed E-state index contributed by atoms with van der Waals surface area (Å²) in [6.45, 7) is 5.83. The van der Waals surface area contributed by atoms with Crippen molar-refractivity contribution in [3.63, 3.8) is 0 Å². The van der Waals surface area contributed by atoms with Crippen LogP contribution in [0.4, 0.5) is 11.4 Å². The third kappa shape index (κ3) is 7.15. The van der Waals surface area contributed by atoms with Crippen LogP contribution in [0.5, 0.6) is 0 Å². The van der Waals surface area contributed by atoms with Crippen molar-refractivity contribution in [1.29, 1.82) is 0 Å². The van der Waals surface area contributed by atoms with E-state index in [1.54, 1.807) is 24.1 Å². The summed E-state index contributed by atoms with van der Waals surface area (Å²) in [7, 11) is 1.61. The number of hydrogen-bond acceptors (Lipinski definition) is 7. The number of hydrogen-bond donors (Lipinski definition) is 2. The number of amides is 2. The van der Waals surface area contributed by atoms with Crippen molar-refractivity contribution in [2.75, 3.05) is 64.4 Å². The van der Waals surface area contributed by atoms with Gasteiger partial charge in [-0.3, -0.25) is 19.7 Å². The Morgan fingerprint density at radius 3 is 2.45 bits per heavy atom. The molecule has 2 N–H and O–H groups in total. The summed E-state index contributed by atoms with van der Waals surface area (Å²) in [5.74, 6) is -0.359. The summed E-state index contributed by atoms with van der Waals surface area (Å²) in [5.41, 5.74) is 0.600. The van der Waals surface area contributed by atoms with Gasteiger partial charge in [-0.25, -0.2) is 0 Å². The Bertz CT molecular complexity index is 710. The zero-order valence-electron chi connectivity index (χ0n) is 16.7. The summed E-state index contributed by atoms with van der Waals surface area (Å²) in [6.07, 6.45) is 0. The minimum absolute atomic E-state index is 0. The van der Waals surface area contributed by atoms with Gasteiger partial charge in [-0.2, -0.15) is 0 Å². The van der Waals surface area contributed by atoms with Crippen LogP contribution in [-0.2, 0) is 9.53 Å². The number of anilines is 1. The van der Waals surface area contributed by atoms with Crippen molar-refractivity contribution in [3.8, 4) is 0 Å². The molecule has 10 nitrogen and oxygen atoms in total. The molecule has 11 heteroatoms. The lowest BCUT2D eigenvalue weighted by molar-refractivity contribution is -0.384. The lowest BCUT2D eigenvalue weighted by atomic mass is 10.1. The van der Waals surface area contributed by atoms with Crippen LogP contribution in [0.15, 0.2) is 18.2 Å². The summed E-state index contributed by atoms with van der Waals surface area (Å²) in [6, 6.07) is 4.50. The van der Waals surface area contributed by atoms with Crippen LogP contribution in [0.1, 0.15) is 17.3 Å². The Morgan fingerprint density at radius 1 is 1.17 bits per heavy atom. The monoisotopic (exact) mass is 429 g/mol. The summed E-state index contributed by atoms with van der Waals surface area (Å²) < 4.78 is 4.92. The van der Waals surface area contributed by atoms with E-state index in [9.17, 15) is 19.7 Å². The zero-order valence-corrected chi connectivity index (χ0v) is 17.5. The van der Waals surface area contributed by atoms with E-state index >= 15 is 0 Å². The lowest BCUT2D eigenvalue weighted by Gasteiger charge is -2.35. The van der Waals surface area contributed by atoms with Crippen molar-refractivity contribution in [2.24, 2.45) is 0 Å². The van der Waals surface area contributed by atoms with Gasteiger partial charge in [0.2, 0.25) is 5.91 Å². The van der Waals surface area contributed by atoms with E-state index in [4.69, 9.17) is 4.74 Å². The Balaban J connectivity index is 0.00000420. The number of methoxy groups -OCH3 is 1. The second kappa shape index (κ2) is 12.2. The first-order chi connectivity index (χ1) is 13.4. The standard InChI is InChI=1S/C18H27N5O5.ClH/c1-14(24)21-8-10-22(11-9-21)16-4-3-15(13-17(16)23(26)27)18(25)20-6-5-19-7-12-28-2;/h3-4,13,19H,5-12H2,1-2H3,(H,20,25);1H. The number of carbonyl (C=O) groups excluding carboxylic acids is 2. The molecule has 1 aliphatic rings. The molecule has 0 bridgehead atoms. The van der Waals surface area contributed by atoms with Crippen LogP contribution in [-0.4, -0.2) is 81.2 Å². The number of nitrogens with zero attached hydrogens (tertiary/aromatic N) is 3. The van der Waals surface area contributed by atoms with Crippen molar-refractivity contribution in [3.05, 3.63) is 33.9 Å². The molecule has 1 heterocycles. The van der Waals surface area contributed by atoms with E-state index in [1.165, 1.54) is 13.0 Å². The first-order valence-corrected chi connectivity index (χ1v) is 9.20. The molecule has 0 saturated carbocycles. The van der Waals surface area contributed by atoms with Gasteiger partial charge in [-0.05, 0) is 12.1 Å². The third-order valence-corrected chi connectivity index (χ3v) is 4.57. The second-order valence-electron chi connectivity index (χ2n) is 6.45. The van der Waals surface area contributed by atoms with Crippen LogP contribution < -0.4 is 15.5 Å². The van der Waals surface area contributed by atoms with E-state index in [0.29, 0.717) is 58.1 Å². The van der Waals surface area contributed by atoms with Crippen LogP contribution in [0, 0.1) is 10.1 Å².